The van der Waals surface area contributed by atoms with Crippen LogP contribution in [0.15, 0.2) is 29.3 Å². The summed E-state index contributed by atoms with van der Waals surface area (Å²) in [5.41, 5.74) is 1.28. The second-order valence-electron chi connectivity index (χ2n) is 2.82. The smallest absolute Gasteiger partial charge is 0.119 e. The Bertz CT molecular complexity index is 332. The first-order valence-corrected chi connectivity index (χ1v) is 5.03. The molecule has 1 rings (SSSR count). The van der Waals surface area contributed by atoms with Gasteiger partial charge in [0.2, 0.25) is 0 Å². The lowest BCUT2D eigenvalue weighted by molar-refractivity contribution is 0.329. The van der Waals surface area contributed by atoms with E-state index in [1.54, 1.807) is 0 Å². The second-order valence-corrected chi connectivity index (χ2v) is 3.01. The average Bonchev–Trinajstić information content (AvgIpc) is 2.25. The Morgan fingerprint density at radius 1 is 1.50 bits per heavy atom. The first-order valence-electron chi connectivity index (χ1n) is 4.62. The third-order valence-corrected chi connectivity index (χ3v) is 1.97. The fourth-order valence-corrected chi connectivity index (χ4v) is 1.20. The number of rotatable bonds is 5. The van der Waals surface area contributed by atoms with Gasteiger partial charge in [-0.2, -0.15) is 0 Å². The van der Waals surface area contributed by atoms with Crippen molar-refractivity contribution in [3.63, 3.8) is 0 Å². The quantitative estimate of drug-likeness (QED) is 0.420. The van der Waals surface area contributed by atoms with Crippen LogP contribution in [0.4, 0.5) is 0 Å². The van der Waals surface area contributed by atoms with Crippen molar-refractivity contribution >= 4 is 17.4 Å². The molecule has 0 N–H and O–H groups in total. The Morgan fingerprint density at radius 2 is 2.36 bits per heavy atom. The van der Waals surface area contributed by atoms with Crippen LogP contribution < -0.4 is 4.74 Å². The van der Waals surface area contributed by atoms with Gasteiger partial charge in [-0.1, -0.05) is 19.1 Å². The van der Waals surface area contributed by atoms with Crippen molar-refractivity contribution < 1.29 is 4.74 Å². The molecule has 0 radical (unpaired) electrons. The molecule has 0 bridgehead atoms. The van der Waals surface area contributed by atoms with Gasteiger partial charge in [0.05, 0.1) is 11.7 Å². The standard InChI is InChI=1S/C11H13NOS/c1-2-10-4-3-5-11(8-10)13-7-6-12-9-14/h3-5,8H,2,6-7H2,1H3. The third kappa shape index (κ3) is 3.69. The first kappa shape index (κ1) is 10.9. The van der Waals surface area contributed by atoms with Crippen LogP contribution in [-0.4, -0.2) is 18.3 Å². The van der Waals surface area contributed by atoms with Gasteiger partial charge in [-0.3, -0.25) is 0 Å². The molecule has 0 aromatic heterocycles. The number of ether oxygens (including phenoxy) is 1. The zero-order valence-electron chi connectivity index (χ0n) is 8.19. The van der Waals surface area contributed by atoms with Crippen LogP contribution in [0, 0.1) is 0 Å². The summed E-state index contributed by atoms with van der Waals surface area (Å²) in [5.74, 6) is 0.893. The average molecular weight is 207 g/mol. The van der Waals surface area contributed by atoms with Crippen LogP contribution in [0.25, 0.3) is 0 Å². The lowest BCUT2D eigenvalue weighted by Crippen LogP contribution is -2.00. The Labute approximate surface area is 89.6 Å². The molecule has 3 heteroatoms. The van der Waals surface area contributed by atoms with Crippen molar-refractivity contribution in [1.29, 1.82) is 0 Å². The van der Waals surface area contributed by atoms with Crippen molar-refractivity contribution in [2.24, 2.45) is 4.99 Å². The maximum absolute atomic E-state index is 5.47. The fourth-order valence-electron chi connectivity index (χ4n) is 1.11. The molecule has 1 aromatic carbocycles. The highest BCUT2D eigenvalue weighted by Crippen LogP contribution is 2.13. The monoisotopic (exact) mass is 207 g/mol. The van der Waals surface area contributed by atoms with Gasteiger partial charge in [-0.05, 0) is 36.3 Å². The van der Waals surface area contributed by atoms with Crippen LogP contribution in [0.1, 0.15) is 12.5 Å². The second kappa shape index (κ2) is 6.30. The number of benzene rings is 1. The minimum atomic E-state index is 0.552. The molecule has 0 spiro atoms. The number of hydrogen-bond acceptors (Lipinski definition) is 3. The van der Waals surface area contributed by atoms with E-state index >= 15 is 0 Å². The van der Waals surface area contributed by atoms with E-state index in [1.165, 1.54) is 5.56 Å². The first-order chi connectivity index (χ1) is 6.86. The molecule has 0 unspecified atom stereocenters. The summed E-state index contributed by atoms with van der Waals surface area (Å²) in [6.45, 7) is 3.24. The summed E-state index contributed by atoms with van der Waals surface area (Å²) in [5, 5.41) is 2.30. The van der Waals surface area contributed by atoms with Gasteiger partial charge in [0.25, 0.3) is 0 Å². The van der Waals surface area contributed by atoms with E-state index in [-0.39, 0.29) is 0 Å². The normalized spacial score (nSPS) is 9.21. The SMILES string of the molecule is CCc1cccc(OCCN=C=S)c1. The maximum atomic E-state index is 5.47. The number of thiocarbonyl (C=S) groups is 1. The molecule has 0 amide bonds. The summed E-state index contributed by atoms with van der Waals surface area (Å²) in [6, 6.07) is 8.07. The molecule has 0 fully saturated rings. The van der Waals surface area contributed by atoms with Crippen LogP contribution in [-0.2, 0) is 6.42 Å². The van der Waals surface area contributed by atoms with E-state index in [1.807, 2.05) is 18.2 Å². The van der Waals surface area contributed by atoms with Gasteiger partial charge in [0.1, 0.15) is 12.4 Å². The highest BCUT2D eigenvalue weighted by atomic mass is 32.1. The van der Waals surface area contributed by atoms with Gasteiger partial charge in [-0.15, -0.1) is 0 Å². The van der Waals surface area contributed by atoms with E-state index in [4.69, 9.17) is 4.74 Å². The van der Waals surface area contributed by atoms with E-state index in [0.717, 1.165) is 12.2 Å². The number of hydrogen-bond donors (Lipinski definition) is 0. The molecule has 74 valence electrons. The molecule has 0 heterocycles. The zero-order valence-corrected chi connectivity index (χ0v) is 9.01. The van der Waals surface area contributed by atoms with Gasteiger partial charge >= 0.3 is 0 Å². The number of aryl methyl sites for hydroxylation is 1. The Balaban J connectivity index is 2.45. The van der Waals surface area contributed by atoms with Gasteiger partial charge < -0.3 is 4.74 Å². The minimum absolute atomic E-state index is 0.552. The number of nitrogens with zero attached hydrogens (tertiary/aromatic N) is 1. The molecule has 0 atom stereocenters. The summed E-state index contributed by atoms with van der Waals surface area (Å²) in [6.07, 6.45) is 1.02. The maximum Gasteiger partial charge on any atom is 0.119 e. The molecule has 0 aliphatic carbocycles. The van der Waals surface area contributed by atoms with Crippen LogP contribution in [0.3, 0.4) is 0 Å². The van der Waals surface area contributed by atoms with E-state index < -0.39 is 0 Å². The Kier molecular flexibility index (Phi) is 4.90. The highest BCUT2D eigenvalue weighted by Gasteiger charge is 1.94. The Hall–Kier alpha value is -1.18. The summed E-state index contributed by atoms with van der Waals surface area (Å²) in [4.78, 5) is 3.77. The topological polar surface area (TPSA) is 21.6 Å². The summed E-state index contributed by atoms with van der Waals surface area (Å²) < 4.78 is 5.47. The van der Waals surface area contributed by atoms with Crippen molar-refractivity contribution in [2.45, 2.75) is 13.3 Å². The van der Waals surface area contributed by atoms with Crippen LogP contribution in [0.2, 0.25) is 0 Å². The summed E-state index contributed by atoms with van der Waals surface area (Å²) in [7, 11) is 0. The molecule has 0 aliphatic heterocycles. The van der Waals surface area contributed by atoms with Crippen molar-refractivity contribution in [3.8, 4) is 5.75 Å². The van der Waals surface area contributed by atoms with Gasteiger partial charge in [0, 0.05) is 0 Å². The third-order valence-electron chi connectivity index (χ3n) is 1.84. The van der Waals surface area contributed by atoms with Crippen molar-refractivity contribution in [2.75, 3.05) is 13.2 Å². The largest absolute Gasteiger partial charge is 0.492 e. The molecule has 0 aliphatic rings. The lowest BCUT2D eigenvalue weighted by atomic mass is 10.2. The zero-order chi connectivity index (χ0) is 10.2. The van der Waals surface area contributed by atoms with E-state index in [2.05, 4.69) is 35.4 Å². The van der Waals surface area contributed by atoms with Crippen molar-refractivity contribution in [3.05, 3.63) is 29.8 Å². The number of isothiocyanates is 1. The molecule has 0 saturated carbocycles. The number of aliphatic imine (C=N–C) groups is 1. The van der Waals surface area contributed by atoms with Gasteiger partial charge in [-0.25, -0.2) is 4.99 Å². The minimum Gasteiger partial charge on any atom is -0.492 e. The molecule has 14 heavy (non-hydrogen) atoms. The molecular formula is C11H13NOS. The van der Waals surface area contributed by atoms with Crippen molar-refractivity contribution in [1.82, 2.24) is 0 Å². The van der Waals surface area contributed by atoms with Crippen LogP contribution >= 0.6 is 12.2 Å². The fraction of sp³-hybridized carbons (Fsp3) is 0.364. The summed E-state index contributed by atoms with van der Waals surface area (Å²) >= 11 is 4.45. The molecule has 2 nitrogen and oxygen atoms in total. The van der Waals surface area contributed by atoms with Gasteiger partial charge in [0.15, 0.2) is 0 Å². The van der Waals surface area contributed by atoms with Crippen LogP contribution in [0.5, 0.6) is 5.75 Å². The van der Waals surface area contributed by atoms with E-state index in [9.17, 15) is 0 Å². The molecular weight excluding hydrogens is 194 g/mol. The molecule has 1 aromatic rings. The Morgan fingerprint density at radius 3 is 3.07 bits per heavy atom. The lowest BCUT2D eigenvalue weighted by Gasteiger charge is -2.04. The highest BCUT2D eigenvalue weighted by molar-refractivity contribution is 7.78. The predicted octanol–water partition coefficient (Wildman–Crippen LogP) is 2.73. The van der Waals surface area contributed by atoms with E-state index in [0.29, 0.717) is 13.2 Å². The predicted molar refractivity (Wildman–Crippen MR) is 61.2 cm³/mol. The molecule has 0 saturated heterocycles.